The van der Waals surface area contributed by atoms with Crippen molar-refractivity contribution in [1.82, 2.24) is 19.5 Å². The molecule has 4 atom stereocenters. The summed E-state index contributed by atoms with van der Waals surface area (Å²) in [6, 6.07) is 3.26. The number of phosphoric acid groups is 1. The zero-order chi connectivity index (χ0) is 22.3. The van der Waals surface area contributed by atoms with Gasteiger partial charge in [-0.25, -0.2) is 4.98 Å². The van der Waals surface area contributed by atoms with Crippen molar-refractivity contribution < 1.29 is 97.7 Å². The molecule has 3 aromatic rings. The smallest absolute Gasteiger partial charge is 0.790 e. The maximum atomic E-state index is 12.3. The zero-order valence-electron chi connectivity index (χ0n) is 17.3. The van der Waals surface area contributed by atoms with E-state index in [1.807, 2.05) is 0 Å². The third-order valence-electron chi connectivity index (χ3n) is 4.42. The van der Waals surface area contributed by atoms with E-state index < -0.39 is 50.4 Å². The second-order valence-electron chi connectivity index (χ2n) is 6.46. The Labute approximate surface area is 233 Å². The molecule has 1 aliphatic rings. The van der Waals surface area contributed by atoms with E-state index >= 15 is 0 Å². The van der Waals surface area contributed by atoms with Gasteiger partial charge in [-0.15, -0.1) is 11.3 Å². The van der Waals surface area contributed by atoms with Gasteiger partial charge in [-0.3, -0.25) is 24.5 Å². The van der Waals surface area contributed by atoms with Crippen LogP contribution in [0.5, 0.6) is 0 Å². The predicted octanol–water partition coefficient (Wildman–Crippen LogP) is -8.09. The molecule has 166 valence electrons. The number of carbonyl (C=O) groups excluding carboxylic acids is 1. The zero-order valence-corrected chi connectivity index (χ0v) is 23.0. The number of fused-ring (bicyclic) bond motifs is 1. The molecule has 0 unspecified atom stereocenters. The number of anilines is 1. The van der Waals surface area contributed by atoms with Crippen LogP contribution in [0.4, 0.5) is 5.95 Å². The third-order valence-corrected chi connectivity index (χ3v) is 5.75. The summed E-state index contributed by atoms with van der Waals surface area (Å²) in [6.45, 7) is -0.818. The van der Waals surface area contributed by atoms with Gasteiger partial charge >= 0.3 is 59.1 Å². The number of hydrogen-bond acceptors (Lipinski definition) is 12. The van der Waals surface area contributed by atoms with Crippen LogP contribution in [0.15, 0.2) is 28.6 Å². The largest absolute Gasteiger partial charge is 1.00 e. The van der Waals surface area contributed by atoms with Gasteiger partial charge < -0.3 is 33.8 Å². The molecule has 3 aromatic heterocycles. The summed E-state index contributed by atoms with van der Waals surface area (Å²) in [5, 5.41) is 24.6. The molecular formula is C15H14N5Na2O9PS. The molecule has 0 aromatic carbocycles. The molecule has 14 nitrogen and oxygen atoms in total. The normalized spacial score (nSPS) is 22.5. The van der Waals surface area contributed by atoms with E-state index in [-0.39, 0.29) is 76.2 Å². The molecule has 1 fully saturated rings. The summed E-state index contributed by atoms with van der Waals surface area (Å²) >= 11 is 1.18. The number of nitrogens with one attached hydrogen (secondary N) is 2. The summed E-state index contributed by atoms with van der Waals surface area (Å²) in [7, 11) is -5.32. The van der Waals surface area contributed by atoms with E-state index in [0.29, 0.717) is 4.88 Å². The maximum absolute atomic E-state index is 12.3. The van der Waals surface area contributed by atoms with Crippen LogP contribution in [0.25, 0.3) is 11.2 Å². The monoisotopic (exact) mass is 517 g/mol. The van der Waals surface area contributed by atoms with Gasteiger partial charge in [0.15, 0.2) is 17.4 Å². The quantitative estimate of drug-likeness (QED) is 0.178. The molecule has 33 heavy (non-hydrogen) atoms. The molecular weight excluding hydrogens is 503 g/mol. The number of aliphatic hydroxyl groups excluding tert-OH is 2. The van der Waals surface area contributed by atoms with Crippen molar-refractivity contribution in [3.8, 4) is 0 Å². The summed E-state index contributed by atoms with van der Waals surface area (Å²) in [5.74, 6) is -0.697. The van der Waals surface area contributed by atoms with Crippen LogP contribution in [0.2, 0.25) is 0 Å². The Morgan fingerprint density at radius 3 is 2.73 bits per heavy atom. The SMILES string of the molecule is O=C(Nc1nc2c(ncn2[C@@H]2O[C@H](COP(=O)([O-])[O-])[C@@H](O)[C@H]2O)c(=O)[nH]1)c1cccs1.[Na+].[Na+]. The number of ether oxygens (including phenoxy) is 1. The van der Waals surface area contributed by atoms with Crippen LogP contribution in [-0.2, 0) is 13.8 Å². The van der Waals surface area contributed by atoms with E-state index in [0.717, 1.165) is 10.9 Å². The van der Waals surface area contributed by atoms with Gasteiger partial charge in [0.05, 0.1) is 25.6 Å². The van der Waals surface area contributed by atoms with E-state index in [2.05, 4.69) is 24.8 Å². The number of hydrogen-bond donors (Lipinski definition) is 4. The van der Waals surface area contributed by atoms with Crippen LogP contribution in [0.1, 0.15) is 15.9 Å². The number of amides is 1. The number of carbonyl (C=O) groups is 1. The average Bonchev–Trinajstić information content (AvgIpc) is 3.41. The summed E-state index contributed by atoms with van der Waals surface area (Å²) < 4.78 is 21.3. The Kier molecular flexibility index (Phi) is 10.0. The number of rotatable bonds is 6. The van der Waals surface area contributed by atoms with Crippen molar-refractivity contribution in [1.29, 1.82) is 0 Å². The van der Waals surface area contributed by atoms with Crippen molar-refractivity contribution in [3.63, 3.8) is 0 Å². The molecule has 1 amide bonds. The van der Waals surface area contributed by atoms with E-state index in [9.17, 15) is 34.2 Å². The first kappa shape index (κ1) is 28.7. The van der Waals surface area contributed by atoms with Crippen LogP contribution < -0.4 is 79.8 Å². The van der Waals surface area contributed by atoms with Gasteiger partial charge in [0.2, 0.25) is 5.95 Å². The second-order valence-corrected chi connectivity index (χ2v) is 8.56. The van der Waals surface area contributed by atoms with Gasteiger partial charge in [0.1, 0.15) is 18.3 Å². The third kappa shape index (κ3) is 6.39. The van der Waals surface area contributed by atoms with Gasteiger partial charge in [-0.2, -0.15) is 4.98 Å². The minimum absolute atomic E-state index is 0. The summed E-state index contributed by atoms with van der Waals surface area (Å²) in [6.07, 6.45) is -4.76. The van der Waals surface area contributed by atoms with Gasteiger partial charge in [-0.1, -0.05) is 6.07 Å². The first-order chi connectivity index (χ1) is 14.6. The fraction of sp³-hybridized carbons (Fsp3) is 0.333. The number of nitrogens with zero attached hydrogens (tertiary/aromatic N) is 3. The van der Waals surface area contributed by atoms with Gasteiger partial charge in [0, 0.05) is 0 Å². The summed E-state index contributed by atoms with van der Waals surface area (Å²) in [4.78, 5) is 56.7. The Hall–Kier alpha value is -0.490. The number of H-pyrrole nitrogens is 1. The van der Waals surface area contributed by atoms with Gasteiger partial charge in [-0.05, 0) is 11.4 Å². The Balaban J connectivity index is 0.00000193. The van der Waals surface area contributed by atoms with Crippen molar-refractivity contribution in [2.75, 3.05) is 11.9 Å². The molecule has 0 bridgehead atoms. The average molecular weight is 517 g/mol. The van der Waals surface area contributed by atoms with Crippen LogP contribution >= 0.6 is 19.2 Å². The predicted molar refractivity (Wildman–Crippen MR) is 99.9 cm³/mol. The van der Waals surface area contributed by atoms with Crippen molar-refractivity contribution in [3.05, 3.63) is 39.1 Å². The standard InChI is InChI=1S/C15H16N5O9PS.2Na/c21-9-6(4-28-30(25,26)27)29-14(10(9)22)20-5-16-8-11(20)17-15(19-13(8)24)18-12(23)7-2-1-3-31-7;;/h1-3,5-6,9-10,14,21-22H,4H2,(H2,25,26,27)(H2,17,18,19,23,24);;/q;2*+1/p-2/t6-,9-,10-,14-;;/m1../s1. The molecule has 1 saturated heterocycles. The molecule has 4 N–H and O–H groups in total. The van der Waals surface area contributed by atoms with Crippen molar-refractivity contribution >= 4 is 42.2 Å². The van der Waals surface area contributed by atoms with Crippen LogP contribution in [0.3, 0.4) is 0 Å². The van der Waals surface area contributed by atoms with Gasteiger partial charge in [0.25, 0.3) is 11.5 Å². The fourth-order valence-electron chi connectivity index (χ4n) is 3.01. The van der Waals surface area contributed by atoms with Crippen molar-refractivity contribution in [2.45, 2.75) is 24.5 Å². The Morgan fingerprint density at radius 2 is 2.09 bits per heavy atom. The maximum Gasteiger partial charge on any atom is 1.00 e. The van der Waals surface area contributed by atoms with Crippen molar-refractivity contribution in [2.24, 2.45) is 0 Å². The Morgan fingerprint density at radius 1 is 1.36 bits per heavy atom. The minimum atomic E-state index is -5.32. The number of imidazole rings is 1. The molecule has 0 radical (unpaired) electrons. The Bertz CT molecular complexity index is 1220. The number of aromatic nitrogens is 4. The number of aromatic amines is 1. The molecule has 1 aliphatic heterocycles. The van der Waals surface area contributed by atoms with E-state index in [4.69, 9.17) is 4.74 Å². The molecule has 4 rings (SSSR count). The van der Waals surface area contributed by atoms with Crippen LogP contribution in [0, 0.1) is 0 Å². The molecule has 0 spiro atoms. The first-order valence-corrected chi connectivity index (χ1v) is 11.0. The fourth-order valence-corrected chi connectivity index (χ4v) is 3.96. The molecule has 18 heteroatoms. The van der Waals surface area contributed by atoms with Crippen LogP contribution in [-0.4, -0.2) is 60.6 Å². The topological polar surface area (TPSA) is 215 Å². The molecule has 4 heterocycles. The number of aliphatic hydroxyl groups is 2. The number of phosphoric ester groups is 1. The molecule has 0 aliphatic carbocycles. The molecule has 0 saturated carbocycles. The van der Waals surface area contributed by atoms with E-state index in [1.165, 1.54) is 11.3 Å². The summed E-state index contributed by atoms with van der Waals surface area (Å²) in [5.41, 5.74) is -0.902. The van der Waals surface area contributed by atoms with E-state index in [1.54, 1.807) is 17.5 Å². The minimum Gasteiger partial charge on any atom is -0.790 e. The number of thiophene rings is 1. The second kappa shape index (κ2) is 11.5. The first-order valence-electron chi connectivity index (χ1n) is 8.64.